The third-order valence-electron chi connectivity index (χ3n) is 3.15. The smallest absolute Gasteiger partial charge is 0.0375 e. The molecule has 0 spiro atoms. The molecule has 0 amide bonds. The van der Waals surface area contributed by atoms with Crippen molar-refractivity contribution in [2.75, 3.05) is 0 Å². The van der Waals surface area contributed by atoms with E-state index in [4.69, 9.17) is 0 Å². The summed E-state index contributed by atoms with van der Waals surface area (Å²) in [5.74, 6) is 0. The topological polar surface area (TPSA) is 12.9 Å². The van der Waals surface area contributed by atoms with Gasteiger partial charge in [-0.1, -0.05) is 20.8 Å². The average molecular weight is 177 g/mol. The summed E-state index contributed by atoms with van der Waals surface area (Å²) in [4.78, 5) is 4.22. The van der Waals surface area contributed by atoms with Crippen LogP contribution in [0.2, 0.25) is 0 Å². The van der Waals surface area contributed by atoms with E-state index in [2.05, 4.69) is 44.8 Å². The molecule has 0 unspecified atom stereocenters. The van der Waals surface area contributed by atoms with Gasteiger partial charge in [-0.25, -0.2) is 0 Å². The molecule has 0 atom stereocenters. The average Bonchev–Trinajstić information content (AvgIpc) is 2.17. The number of nitrogens with zero attached hydrogens (tertiary/aromatic N) is 1. The van der Waals surface area contributed by atoms with Gasteiger partial charge in [0.05, 0.1) is 0 Å². The Balaban J connectivity index is 3.05. The van der Waals surface area contributed by atoms with Crippen molar-refractivity contribution in [2.24, 2.45) is 0 Å². The summed E-state index contributed by atoms with van der Waals surface area (Å²) >= 11 is 0. The van der Waals surface area contributed by atoms with E-state index in [1.807, 2.05) is 6.20 Å². The van der Waals surface area contributed by atoms with Crippen molar-refractivity contribution >= 4 is 0 Å². The third-order valence-corrected chi connectivity index (χ3v) is 3.15. The maximum absolute atomic E-state index is 4.22. The number of aromatic nitrogens is 1. The van der Waals surface area contributed by atoms with Crippen LogP contribution in [0, 0.1) is 6.92 Å². The van der Waals surface area contributed by atoms with Gasteiger partial charge in [-0.05, 0) is 42.9 Å². The zero-order valence-electron chi connectivity index (χ0n) is 9.09. The predicted molar refractivity (Wildman–Crippen MR) is 56.9 cm³/mol. The molecule has 13 heavy (non-hydrogen) atoms. The Morgan fingerprint density at radius 2 is 1.92 bits per heavy atom. The maximum Gasteiger partial charge on any atom is 0.0375 e. The molecule has 1 rings (SSSR count). The second-order valence-electron chi connectivity index (χ2n) is 3.95. The Labute approximate surface area is 81.2 Å². The first-order chi connectivity index (χ1) is 6.12. The Morgan fingerprint density at radius 3 is 2.38 bits per heavy atom. The summed E-state index contributed by atoms with van der Waals surface area (Å²) in [7, 11) is 0. The molecule has 0 radical (unpaired) electrons. The van der Waals surface area contributed by atoms with Gasteiger partial charge in [0, 0.05) is 11.9 Å². The van der Waals surface area contributed by atoms with Crippen molar-refractivity contribution in [3.05, 3.63) is 29.6 Å². The van der Waals surface area contributed by atoms with E-state index in [-0.39, 0.29) is 0 Å². The van der Waals surface area contributed by atoms with Crippen LogP contribution in [0.15, 0.2) is 18.3 Å². The van der Waals surface area contributed by atoms with E-state index in [9.17, 15) is 0 Å². The largest absolute Gasteiger partial charge is 0.262 e. The van der Waals surface area contributed by atoms with Crippen LogP contribution in [0.1, 0.15) is 44.9 Å². The molecule has 1 heteroatoms. The molecule has 0 saturated carbocycles. The second-order valence-corrected chi connectivity index (χ2v) is 3.95. The number of hydrogen-bond donors (Lipinski definition) is 0. The van der Waals surface area contributed by atoms with Gasteiger partial charge < -0.3 is 0 Å². The first kappa shape index (κ1) is 10.2. The lowest BCUT2D eigenvalue weighted by atomic mass is 9.78. The third kappa shape index (κ3) is 2.09. The van der Waals surface area contributed by atoms with Crippen LogP contribution in [-0.2, 0) is 5.41 Å². The van der Waals surface area contributed by atoms with Crippen molar-refractivity contribution < 1.29 is 0 Å². The summed E-state index contributed by atoms with van der Waals surface area (Å²) in [6, 6.07) is 4.34. The van der Waals surface area contributed by atoms with Gasteiger partial charge in [0.25, 0.3) is 0 Å². The zero-order chi connectivity index (χ0) is 9.90. The number of pyridine rings is 1. The van der Waals surface area contributed by atoms with Gasteiger partial charge in [-0.15, -0.1) is 0 Å². The standard InChI is InChI=1S/C12H19N/c1-5-12(4,6-2)11-7-8-13-10(3)9-11/h7-9H,5-6H2,1-4H3. The molecule has 0 bridgehead atoms. The van der Waals surface area contributed by atoms with Crippen LogP contribution >= 0.6 is 0 Å². The monoisotopic (exact) mass is 177 g/mol. The molecule has 0 N–H and O–H groups in total. The molecule has 0 fully saturated rings. The van der Waals surface area contributed by atoms with E-state index in [0.717, 1.165) is 5.69 Å². The molecule has 1 aromatic rings. The summed E-state index contributed by atoms with van der Waals surface area (Å²) in [5.41, 5.74) is 2.86. The molecular weight excluding hydrogens is 158 g/mol. The Kier molecular flexibility index (Phi) is 3.07. The van der Waals surface area contributed by atoms with E-state index in [1.165, 1.54) is 18.4 Å². The molecule has 1 nitrogen and oxygen atoms in total. The lowest BCUT2D eigenvalue weighted by Crippen LogP contribution is -2.19. The fourth-order valence-corrected chi connectivity index (χ4v) is 1.58. The van der Waals surface area contributed by atoms with Crippen LogP contribution in [0.5, 0.6) is 0 Å². The van der Waals surface area contributed by atoms with Crippen LogP contribution < -0.4 is 0 Å². The molecule has 0 aromatic carbocycles. The highest BCUT2D eigenvalue weighted by atomic mass is 14.6. The summed E-state index contributed by atoms with van der Waals surface area (Å²) in [5, 5.41) is 0. The quantitative estimate of drug-likeness (QED) is 0.689. The van der Waals surface area contributed by atoms with Crippen molar-refractivity contribution in [3.8, 4) is 0 Å². The highest BCUT2D eigenvalue weighted by Gasteiger charge is 2.21. The molecule has 0 aliphatic carbocycles. The Hall–Kier alpha value is -0.850. The Morgan fingerprint density at radius 1 is 1.31 bits per heavy atom. The van der Waals surface area contributed by atoms with E-state index >= 15 is 0 Å². The van der Waals surface area contributed by atoms with Gasteiger partial charge in [0.15, 0.2) is 0 Å². The van der Waals surface area contributed by atoms with Crippen LogP contribution in [0.3, 0.4) is 0 Å². The highest BCUT2D eigenvalue weighted by Crippen LogP contribution is 2.30. The molecular formula is C12H19N. The van der Waals surface area contributed by atoms with Gasteiger partial charge >= 0.3 is 0 Å². The lowest BCUT2D eigenvalue weighted by molar-refractivity contribution is 0.438. The lowest BCUT2D eigenvalue weighted by Gasteiger charge is -2.27. The summed E-state index contributed by atoms with van der Waals surface area (Å²) in [6.45, 7) is 8.87. The van der Waals surface area contributed by atoms with Crippen LogP contribution in [0.4, 0.5) is 0 Å². The molecule has 0 aliphatic rings. The van der Waals surface area contributed by atoms with Crippen molar-refractivity contribution in [2.45, 2.75) is 46.0 Å². The van der Waals surface area contributed by atoms with E-state index in [1.54, 1.807) is 0 Å². The van der Waals surface area contributed by atoms with Gasteiger partial charge in [-0.2, -0.15) is 0 Å². The number of rotatable bonds is 3. The minimum Gasteiger partial charge on any atom is -0.262 e. The predicted octanol–water partition coefficient (Wildman–Crippen LogP) is 3.47. The van der Waals surface area contributed by atoms with Gasteiger partial charge in [-0.3, -0.25) is 4.98 Å². The van der Waals surface area contributed by atoms with E-state index < -0.39 is 0 Å². The minimum atomic E-state index is 0.327. The maximum atomic E-state index is 4.22. The van der Waals surface area contributed by atoms with Crippen LogP contribution in [-0.4, -0.2) is 4.98 Å². The van der Waals surface area contributed by atoms with Crippen molar-refractivity contribution in [3.63, 3.8) is 0 Å². The fraction of sp³-hybridized carbons (Fsp3) is 0.583. The number of hydrogen-bond acceptors (Lipinski definition) is 1. The van der Waals surface area contributed by atoms with Crippen molar-refractivity contribution in [1.82, 2.24) is 4.98 Å². The highest BCUT2D eigenvalue weighted by molar-refractivity contribution is 5.24. The first-order valence-electron chi connectivity index (χ1n) is 5.05. The molecule has 0 aliphatic heterocycles. The molecule has 1 heterocycles. The normalized spacial score (nSPS) is 11.7. The Bertz CT molecular complexity index is 274. The fourth-order valence-electron chi connectivity index (χ4n) is 1.58. The minimum absolute atomic E-state index is 0.327. The van der Waals surface area contributed by atoms with Crippen LogP contribution in [0.25, 0.3) is 0 Å². The second kappa shape index (κ2) is 3.91. The van der Waals surface area contributed by atoms with Gasteiger partial charge in [0.1, 0.15) is 0 Å². The SMILES string of the molecule is CCC(C)(CC)c1ccnc(C)c1. The first-order valence-corrected chi connectivity index (χ1v) is 5.05. The van der Waals surface area contributed by atoms with Gasteiger partial charge in [0.2, 0.25) is 0 Å². The molecule has 1 aromatic heterocycles. The van der Waals surface area contributed by atoms with E-state index in [0.29, 0.717) is 5.41 Å². The zero-order valence-corrected chi connectivity index (χ0v) is 9.09. The summed E-state index contributed by atoms with van der Waals surface area (Å²) in [6.07, 6.45) is 4.29. The summed E-state index contributed by atoms with van der Waals surface area (Å²) < 4.78 is 0. The molecule has 0 saturated heterocycles. The van der Waals surface area contributed by atoms with Crippen molar-refractivity contribution in [1.29, 1.82) is 0 Å². The number of aryl methyl sites for hydroxylation is 1. The molecule has 72 valence electrons.